The minimum atomic E-state index is -0.255. The molecule has 1 aromatic heterocycles. The van der Waals surface area contributed by atoms with E-state index in [0.717, 1.165) is 16.3 Å². The number of hydrogen-bond donors (Lipinski definition) is 1. The van der Waals surface area contributed by atoms with E-state index >= 15 is 0 Å². The van der Waals surface area contributed by atoms with Crippen LogP contribution in [0.3, 0.4) is 0 Å². The quantitative estimate of drug-likeness (QED) is 0.839. The minimum absolute atomic E-state index is 0.0320. The number of benzene rings is 1. The number of carbonyl (C=O) groups is 2. The van der Waals surface area contributed by atoms with Gasteiger partial charge in [-0.3, -0.25) is 9.59 Å². The standard InChI is InChI=1S/C19H21N3O3S/c1-13-16(19(24)22-8-10-25-11-9-22)4-3-5-17(13)21-18(23)7-6-15-12-26-14(2)20-15/h3-7,12H,8-11H2,1-2H3,(H,21,23)/b7-6+. The van der Waals surface area contributed by atoms with E-state index in [0.29, 0.717) is 37.6 Å². The van der Waals surface area contributed by atoms with E-state index in [2.05, 4.69) is 10.3 Å². The smallest absolute Gasteiger partial charge is 0.254 e. The third kappa shape index (κ3) is 4.36. The summed E-state index contributed by atoms with van der Waals surface area (Å²) < 4.78 is 5.29. The van der Waals surface area contributed by atoms with E-state index in [9.17, 15) is 9.59 Å². The summed E-state index contributed by atoms with van der Waals surface area (Å²) in [6, 6.07) is 5.37. The first kappa shape index (κ1) is 18.3. The van der Waals surface area contributed by atoms with Gasteiger partial charge in [0.05, 0.1) is 23.9 Å². The number of amides is 2. The molecule has 1 aliphatic heterocycles. The van der Waals surface area contributed by atoms with Gasteiger partial charge in [-0.05, 0) is 37.6 Å². The zero-order chi connectivity index (χ0) is 18.5. The van der Waals surface area contributed by atoms with Gasteiger partial charge in [0.1, 0.15) is 0 Å². The van der Waals surface area contributed by atoms with Crippen LogP contribution >= 0.6 is 11.3 Å². The molecule has 0 unspecified atom stereocenters. The summed E-state index contributed by atoms with van der Waals surface area (Å²) in [5.41, 5.74) is 2.75. The van der Waals surface area contributed by atoms with Crippen molar-refractivity contribution in [3.8, 4) is 0 Å². The van der Waals surface area contributed by atoms with E-state index in [1.54, 1.807) is 29.2 Å². The van der Waals surface area contributed by atoms with Crippen molar-refractivity contribution in [2.45, 2.75) is 13.8 Å². The molecule has 0 bridgehead atoms. The molecule has 2 amide bonds. The maximum Gasteiger partial charge on any atom is 0.254 e. The highest BCUT2D eigenvalue weighted by Crippen LogP contribution is 2.21. The summed E-state index contributed by atoms with van der Waals surface area (Å²) in [7, 11) is 0. The second-order valence-electron chi connectivity index (χ2n) is 6.00. The van der Waals surface area contributed by atoms with Gasteiger partial charge >= 0.3 is 0 Å². The first-order valence-electron chi connectivity index (χ1n) is 8.42. The summed E-state index contributed by atoms with van der Waals surface area (Å²) in [6.07, 6.45) is 3.13. The number of aromatic nitrogens is 1. The van der Waals surface area contributed by atoms with Gasteiger partial charge in [-0.15, -0.1) is 11.3 Å². The third-order valence-corrected chi connectivity index (χ3v) is 4.95. The Balaban J connectivity index is 1.71. The van der Waals surface area contributed by atoms with Crippen LogP contribution in [0.25, 0.3) is 6.08 Å². The van der Waals surface area contributed by atoms with Crippen molar-refractivity contribution < 1.29 is 14.3 Å². The fourth-order valence-electron chi connectivity index (χ4n) is 2.73. The van der Waals surface area contributed by atoms with Crippen LogP contribution < -0.4 is 5.32 Å². The number of nitrogens with one attached hydrogen (secondary N) is 1. The van der Waals surface area contributed by atoms with Crippen molar-refractivity contribution in [1.29, 1.82) is 0 Å². The number of nitrogens with zero attached hydrogens (tertiary/aromatic N) is 2. The van der Waals surface area contributed by atoms with E-state index in [4.69, 9.17) is 4.74 Å². The second-order valence-corrected chi connectivity index (χ2v) is 7.06. The molecule has 136 valence electrons. The Morgan fingerprint density at radius 3 is 2.73 bits per heavy atom. The molecule has 1 saturated heterocycles. The molecule has 3 rings (SSSR count). The molecule has 1 fully saturated rings. The average Bonchev–Trinajstić information content (AvgIpc) is 3.07. The molecule has 1 aromatic carbocycles. The number of ether oxygens (including phenoxy) is 1. The van der Waals surface area contributed by atoms with Gasteiger partial charge in [0.15, 0.2) is 0 Å². The summed E-state index contributed by atoms with van der Waals surface area (Å²) in [6.45, 7) is 6.05. The molecule has 0 atom stereocenters. The Labute approximate surface area is 156 Å². The van der Waals surface area contributed by atoms with Crippen LogP contribution in [-0.4, -0.2) is 48.0 Å². The molecule has 6 nitrogen and oxygen atoms in total. The molecular weight excluding hydrogens is 350 g/mol. The summed E-state index contributed by atoms with van der Waals surface area (Å²) in [5, 5.41) is 5.69. The second kappa shape index (κ2) is 8.25. The van der Waals surface area contributed by atoms with Crippen molar-refractivity contribution in [3.05, 3.63) is 51.5 Å². The van der Waals surface area contributed by atoms with E-state index in [-0.39, 0.29) is 11.8 Å². The van der Waals surface area contributed by atoms with Gasteiger partial charge in [0.2, 0.25) is 5.91 Å². The maximum absolute atomic E-state index is 12.7. The molecule has 26 heavy (non-hydrogen) atoms. The molecule has 7 heteroatoms. The van der Waals surface area contributed by atoms with Crippen LogP contribution in [0.5, 0.6) is 0 Å². The first-order valence-corrected chi connectivity index (χ1v) is 9.30. The molecule has 1 aliphatic rings. The lowest BCUT2D eigenvalue weighted by molar-refractivity contribution is -0.111. The highest BCUT2D eigenvalue weighted by atomic mass is 32.1. The Bertz CT molecular complexity index is 838. The van der Waals surface area contributed by atoms with Crippen molar-refractivity contribution in [2.24, 2.45) is 0 Å². The summed E-state index contributed by atoms with van der Waals surface area (Å²) in [5.74, 6) is -0.287. The number of aryl methyl sites for hydroxylation is 1. The predicted octanol–water partition coefficient (Wildman–Crippen LogP) is 2.88. The minimum Gasteiger partial charge on any atom is -0.378 e. The van der Waals surface area contributed by atoms with Crippen molar-refractivity contribution >= 4 is 34.9 Å². The van der Waals surface area contributed by atoms with Gasteiger partial charge in [-0.25, -0.2) is 4.98 Å². The fourth-order valence-corrected chi connectivity index (χ4v) is 3.31. The number of rotatable bonds is 4. The van der Waals surface area contributed by atoms with Crippen molar-refractivity contribution in [3.63, 3.8) is 0 Å². The normalized spacial score (nSPS) is 14.6. The zero-order valence-electron chi connectivity index (χ0n) is 14.8. The largest absolute Gasteiger partial charge is 0.378 e. The highest BCUT2D eigenvalue weighted by molar-refractivity contribution is 7.09. The van der Waals surface area contributed by atoms with E-state index < -0.39 is 0 Å². The Kier molecular flexibility index (Phi) is 5.80. The van der Waals surface area contributed by atoms with Crippen LogP contribution in [0.4, 0.5) is 5.69 Å². The predicted molar refractivity (Wildman–Crippen MR) is 102 cm³/mol. The average molecular weight is 371 g/mol. The summed E-state index contributed by atoms with van der Waals surface area (Å²) >= 11 is 1.54. The van der Waals surface area contributed by atoms with Gasteiger partial charge in [0.25, 0.3) is 5.91 Å². The SMILES string of the molecule is Cc1nc(/C=C/C(=O)Nc2cccc(C(=O)N3CCOCC3)c2C)cs1. The Morgan fingerprint density at radius 1 is 1.27 bits per heavy atom. The monoisotopic (exact) mass is 371 g/mol. The van der Waals surface area contributed by atoms with Crippen LogP contribution in [0.2, 0.25) is 0 Å². The number of morpholine rings is 1. The lowest BCUT2D eigenvalue weighted by Crippen LogP contribution is -2.41. The van der Waals surface area contributed by atoms with E-state index in [1.165, 1.54) is 17.4 Å². The number of hydrogen-bond acceptors (Lipinski definition) is 5. The first-order chi connectivity index (χ1) is 12.5. The third-order valence-electron chi connectivity index (χ3n) is 4.16. The zero-order valence-corrected chi connectivity index (χ0v) is 15.6. The Morgan fingerprint density at radius 2 is 2.04 bits per heavy atom. The number of thiazole rings is 1. The Hall–Kier alpha value is -2.51. The molecular formula is C19H21N3O3S. The molecule has 0 radical (unpaired) electrons. The maximum atomic E-state index is 12.7. The molecule has 1 N–H and O–H groups in total. The van der Waals surface area contributed by atoms with Crippen molar-refractivity contribution in [2.75, 3.05) is 31.6 Å². The lowest BCUT2D eigenvalue weighted by atomic mass is 10.0. The van der Waals surface area contributed by atoms with Crippen molar-refractivity contribution in [1.82, 2.24) is 9.88 Å². The molecule has 0 saturated carbocycles. The van der Waals surface area contributed by atoms with Crippen LogP contribution in [0, 0.1) is 13.8 Å². The molecule has 2 aromatic rings. The lowest BCUT2D eigenvalue weighted by Gasteiger charge is -2.27. The van der Waals surface area contributed by atoms with Gasteiger partial charge in [-0.2, -0.15) is 0 Å². The van der Waals surface area contributed by atoms with Crippen LogP contribution in [0.15, 0.2) is 29.7 Å². The fraction of sp³-hybridized carbons (Fsp3) is 0.316. The van der Waals surface area contributed by atoms with Crippen LogP contribution in [-0.2, 0) is 9.53 Å². The van der Waals surface area contributed by atoms with Crippen LogP contribution in [0.1, 0.15) is 26.6 Å². The molecule has 2 heterocycles. The highest BCUT2D eigenvalue weighted by Gasteiger charge is 2.21. The molecule has 0 spiro atoms. The summed E-state index contributed by atoms with van der Waals surface area (Å²) in [4.78, 5) is 31.0. The van der Waals surface area contributed by atoms with Gasteiger partial charge in [0, 0.05) is 35.8 Å². The topological polar surface area (TPSA) is 71.5 Å². The van der Waals surface area contributed by atoms with Gasteiger partial charge < -0.3 is 15.0 Å². The number of anilines is 1. The number of carbonyl (C=O) groups excluding carboxylic acids is 2. The van der Waals surface area contributed by atoms with Gasteiger partial charge in [-0.1, -0.05) is 6.07 Å². The molecule has 0 aliphatic carbocycles. The van der Waals surface area contributed by atoms with E-state index in [1.807, 2.05) is 19.2 Å².